The first kappa shape index (κ1) is 13.1. The molecular formula is C19H23NO. The minimum Gasteiger partial charge on any atom is -0.497 e. The first-order valence-electron chi connectivity index (χ1n) is 8.04. The third-order valence-electron chi connectivity index (χ3n) is 5.64. The monoisotopic (exact) mass is 281 g/mol. The minimum absolute atomic E-state index is 0.741. The molecule has 2 aliphatic rings. The number of rotatable bonds is 2. The van der Waals surface area contributed by atoms with E-state index in [1.165, 1.54) is 42.0 Å². The van der Waals surface area contributed by atoms with Crippen molar-refractivity contribution in [3.8, 4) is 5.75 Å². The van der Waals surface area contributed by atoms with Crippen molar-refractivity contribution < 1.29 is 4.74 Å². The summed E-state index contributed by atoms with van der Waals surface area (Å²) in [6.07, 6.45) is 5.44. The lowest BCUT2D eigenvalue weighted by atomic mass is 9.84. The van der Waals surface area contributed by atoms with E-state index in [4.69, 9.17) is 4.74 Å². The summed E-state index contributed by atoms with van der Waals surface area (Å²) in [7, 11) is 4.04. The summed E-state index contributed by atoms with van der Waals surface area (Å²) in [5, 5.41) is 2.61. The highest BCUT2D eigenvalue weighted by Gasteiger charge is 2.38. The van der Waals surface area contributed by atoms with Crippen molar-refractivity contribution in [2.45, 2.75) is 43.7 Å². The second-order valence-electron chi connectivity index (χ2n) is 6.69. The summed E-state index contributed by atoms with van der Waals surface area (Å²) in [6, 6.07) is 15.0. The van der Waals surface area contributed by atoms with Gasteiger partial charge in [0.2, 0.25) is 0 Å². The van der Waals surface area contributed by atoms with Crippen LogP contribution in [0.25, 0.3) is 10.8 Å². The van der Waals surface area contributed by atoms with Crippen LogP contribution in [0, 0.1) is 0 Å². The molecule has 2 bridgehead atoms. The number of hydrogen-bond donors (Lipinski definition) is 0. The average Bonchev–Trinajstić information content (AvgIpc) is 2.75. The van der Waals surface area contributed by atoms with E-state index in [9.17, 15) is 0 Å². The van der Waals surface area contributed by atoms with Crippen LogP contribution < -0.4 is 4.74 Å². The molecule has 0 unspecified atom stereocenters. The van der Waals surface area contributed by atoms with Crippen LogP contribution in [0.4, 0.5) is 0 Å². The Morgan fingerprint density at radius 2 is 1.62 bits per heavy atom. The maximum Gasteiger partial charge on any atom is 0.119 e. The molecule has 0 saturated carbocycles. The first-order chi connectivity index (χ1) is 10.2. The standard InChI is InChI=1S/C19H23NO/c1-20-17-6-7-18(20)11-16(10-17)14-3-4-15-12-19(21-2)8-5-13(15)9-14/h3-5,8-9,12,16-18H,6-7,10-11H2,1-2H3/t16-,17-,18+. The van der Waals surface area contributed by atoms with E-state index >= 15 is 0 Å². The molecule has 2 saturated heterocycles. The highest BCUT2D eigenvalue weighted by Crippen LogP contribution is 2.42. The van der Waals surface area contributed by atoms with Crippen LogP contribution in [-0.2, 0) is 0 Å². The highest BCUT2D eigenvalue weighted by atomic mass is 16.5. The molecule has 2 heteroatoms. The van der Waals surface area contributed by atoms with E-state index in [0.29, 0.717) is 0 Å². The van der Waals surface area contributed by atoms with E-state index in [-0.39, 0.29) is 0 Å². The summed E-state index contributed by atoms with van der Waals surface area (Å²) >= 11 is 0. The van der Waals surface area contributed by atoms with Gasteiger partial charge in [0, 0.05) is 12.1 Å². The third kappa shape index (κ3) is 2.22. The summed E-state index contributed by atoms with van der Waals surface area (Å²) in [6.45, 7) is 0. The number of benzene rings is 2. The van der Waals surface area contributed by atoms with E-state index < -0.39 is 0 Å². The zero-order chi connectivity index (χ0) is 14.4. The number of fused-ring (bicyclic) bond motifs is 3. The normalized spacial score (nSPS) is 29.0. The molecule has 2 nitrogen and oxygen atoms in total. The van der Waals surface area contributed by atoms with Gasteiger partial charge >= 0.3 is 0 Å². The lowest BCUT2D eigenvalue weighted by Gasteiger charge is -2.36. The number of hydrogen-bond acceptors (Lipinski definition) is 2. The first-order valence-corrected chi connectivity index (χ1v) is 8.04. The molecule has 0 aliphatic carbocycles. The van der Waals surface area contributed by atoms with Gasteiger partial charge in [0.25, 0.3) is 0 Å². The van der Waals surface area contributed by atoms with E-state index in [0.717, 1.165) is 23.8 Å². The Hall–Kier alpha value is -1.54. The molecule has 3 atom stereocenters. The zero-order valence-corrected chi connectivity index (χ0v) is 12.9. The van der Waals surface area contributed by atoms with E-state index in [2.05, 4.69) is 48.3 Å². The molecule has 2 aliphatic heterocycles. The topological polar surface area (TPSA) is 12.5 Å². The molecule has 0 N–H and O–H groups in total. The zero-order valence-electron chi connectivity index (χ0n) is 12.9. The smallest absolute Gasteiger partial charge is 0.119 e. The van der Waals surface area contributed by atoms with Gasteiger partial charge in [-0.3, -0.25) is 0 Å². The largest absolute Gasteiger partial charge is 0.497 e. The van der Waals surface area contributed by atoms with Gasteiger partial charge in [0.05, 0.1) is 7.11 Å². The van der Waals surface area contributed by atoms with Crippen LogP contribution in [0.3, 0.4) is 0 Å². The Bertz CT molecular complexity index is 652. The van der Waals surface area contributed by atoms with Crippen molar-refractivity contribution in [1.29, 1.82) is 0 Å². The fourth-order valence-corrected chi connectivity index (χ4v) is 4.31. The summed E-state index contributed by atoms with van der Waals surface area (Å²) in [5.74, 6) is 1.68. The van der Waals surface area contributed by atoms with Crippen LogP contribution in [0.1, 0.15) is 37.2 Å². The van der Waals surface area contributed by atoms with Crippen molar-refractivity contribution >= 4 is 10.8 Å². The number of methoxy groups -OCH3 is 1. The number of piperidine rings is 1. The number of ether oxygens (including phenoxy) is 1. The Kier molecular flexibility index (Phi) is 3.15. The fraction of sp³-hybridized carbons (Fsp3) is 0.474. The van der Waals surface area contributed by atoms with Crippen LogP contribution >= 0.6 is 0 Å². The van der Waals surface area contributed by atoms with Crippen molar-refractivity contribution in [3.05, 3.63) is 42.0 Å². The van der Waals surface area contributed by atoms with Crippen molar-refractivity contribution in [2.24, 2.45) is 0 Å². The maximum absolute atomic E-state index is 5.31. The van der Waals surface area contributed by atoms with Gasteiger partial charge < -0.3 is 9.64 Å². The maximum atomic E-state index is 5.31. The Labute approximate surface area is 126 Å². The van der Waals surface area contributed by atoms with E-state index in [1.807, 2.05) is 0 Å². The van der Waals surface area contributed by atoms with Crippen LogP contribution in [0.2, 0.25) is 0 Å². The third-order valence-corrected chi connectivity index (χ3v) is 5.64. The molecule has 0 amide bonds. The number of nitrogens with zero attached hydrogens (tertiary/aromatic N) is 1. The Morgan fingerprint density at radius 1 is 0.952 bits per heavy atom. The molecule has 4 rings (SSSR count). The molecular weight excluding hydrogens is 258 g/mol. The summed E-state index contributed by atoms with van der Waals surface area (Å²) in [4.78, 5) is 2.61. The Morgan fingerprint density at radius 3 is 2.33 bits per heavy atom. The van der Waals surface area contributed by atoms with Gasteiger partial charge in [0.1, 0.15) is 5.75 Å². The van der Waals surface area contributed by atoms with Gasteiger partial charge in [-0.2, -0.15) is 0 Å². The van der Waals surface area contributed by atoms with Crippen molar-refractivity contribution in [2.75, 3.05) is 14.2 Å². The Balaban J connectivity index is 1.65. The fourth-order valence-electron chi connectivity index (χ4n) is 4.31. The van der Waals surface area contributed by atoms with Crippen LogP contribution in [0.5, 0.6) is 5.75 Å². The second-order valence-corrected chi connectivity index (χ2v) is 6.69. The summed E-state index contributed by atoms with van der Waals surface area (Å²) in [5.41, 5.74) is 1.53. The molecule has 0 radical (unpaired) electrons. The van der Waals surface area contributed by atoms with Gasteiger partial charge in [-0.1, -0.05) is 24.3 Å². The molecule has 0 spiro atoms. The van der Waals surface area contributed by atoms with Crippen LogP contribution in [0.15, 0.2) is 36.4 Å². The lowest BCUT2D eigenvalue weighted by Crippen LogP contribution is -2.39. The predicted molar refractivity (Wildman–Crippen MR) is 87.0 cm³/mol. The van der Waals surface area contributed by atoms with Gasteiger partial charge in [0.15, 0.2) is 0 Å². The minimum atomic E-state index is 0.741. The predicted octanol–water partition coefficient (Wildman–Crippen LogP) is 4.19. The highest BCUT2D eigenvalue weighted by molar-refractivity contribution is 5.84. The molecule has 2 heterocycles. The van der Waals surface area contributed by atoms with E-state index in [1.54, 1.807) is 7.11 Å². The van der Waals surface area contributed by atoms with Gasteiger partial charge in [-0.15, -0.1) is 0 Å². The lowest BCUT2D eigenvalue weighted by molar-refractivity contribution is 0.162. The van der Waals surface area contributed by atoms with Gasteiger partial charge in [-0.25, -0.2) is 0 Å². The second kappa shape index (κ2) is 5.03. The summed E-state index contributed by atoms with van der Waals surface area (Å²) < 4.78 is 5.31. The molecule has 21 heavy (non-hydrogen) atoms. The molecule has 2 aromatic rings. The van der Waals surface area contributed by atoms with Crippen molar-refractivity contribution in [3.63, 3.8) is 0 Å². The van der Waals surface area contributed by atoms with Crippen LogP contribution in [-0.4, -0.2) is 31.1 Å². The average molecular weight is 281 g/mol. The van der Waals surface area contributed by atoms with Crippen molar-refractivity contribution in [1.82, 2.24) is 4.90 Å². The molecule has 0 aromatic heterocycles. The quantitative estimate of drug-likeness (QED) is 0.818. The molecule has 2 fully saturated rings. The SMILES string of the molecule is COc1ccc2cc([C@@H]3C[C@H]4CC[C@@H](C3)N4C)ccc2c1. The molecule has 110 valence electrons. The molecule has 2 aromatic carbocycles. The van der Waals surface area contributed by atoms with Gasteiger partial charge in [-0.05, 0) is 67.1 Å².